The number of rotatable bonds is 6. The van der Waals surface area contributed by atoms with Crippen LogP contribution in [0.3, 0.4) is 0 Å². The van der Waals surface area contributed by atoms with Crippen LogP contribution in [0, 0.1) is 34.5 Å². The average Bonchev–Trinajstić information content (AvgIpc) is 3.37. The first kappa shape index (κ1) is 21.0. The fourth-order valence-electron chi connectivity index (χ4n) is 3.18. The summed E-state index contributed by atoms with van der Waals surface area (Å²) in [5, 5.41) is 8.83. The average molecular weight is 327 g/mol. The molecule has 0 bridgehead atoms. The maximum Gasteiger partial charge on any atom is 0.0521 e. The number of hydrogen-bond acceptors (Lipinski definition) is 2. The number of methoxy groups -OCH3 is 1. The topological polar surface area (TPSA) is 29.5 Å². The van der Waals surface area contributed by atoms with E-state index in [4.69, 9.17) is 9.84 Å². The van der Waals surface area contributed by atoms with Gasteiger partial charge in [-0.25, -0.2) is 0 Å². The van der Waals surface area contributed by atoms with E-state index in [-0.39, 0.29) is 0 Å². The molecule has 138 valence electrons. The molecule has 3 rings (SSSR count). The molecule has 3 aliphatic carbocycles. The quantitative estimate of drug-likeness (QED) is 0.694. The van der Waals surface area contributed by atoms with Gasteiger partial charge < -0.3 is 9.84 Å². The summed E-state index contributed by atoms with van der Waals surface area (Å²) < 4.78 is 5.13. The molecule has 0 aromatic rings. The molecule has 0 atom stereocenters. The monoisotopic (exact) mass is 326 g/mol. The van der Waals surface area contributed by atoms with Crippen LogP contribution in [0.15, 0.2) is 0 Å². The Morgan fingerprint density at radius 3 is 1.35 bits per heavy atom. The highest BCUT2D eigenvalue weighted by molar-refractivity contribution is 4.95. The molecule has 2 heteroatoms. The fourth-order valence-corrected chi connectivity index (χ4v) is 3.18. The van der Waals surface area contributed by atoms with E-state index in [0.717, 1.165) is 24.4 Å². The summed E-state index contributed by atoms with van der Waals surface area (Å²) in [7, 11) is 1.79. The van der Waals surface area contributed by atoms with Crippen molar-refractivity contribution in [3.8, 4) is 0 Å². The minimum atomic E-state index is 0.347. The first-order chi connectivity index (χ1) is 10.7. The lowest BCUT2D eigenvalue weighted by Gasteiger charge is -2.17. The molecule has 23 heavy (non-hydrogen) atoms. The van der Waals surface area contributed by atoms with Crippen LogP contribution in [-0.4, -0.2) is 25.4 Å². The van der Waals surface area contributed by atoms with Gasteiger partial charge in [-0.15, -0.1) is 0 Å². The van der Waals surface area contributed by atoms with E-state index in [0.29, 0.717) is 23.4 Å². The molecule has 0 saturated heterocycles. The number of aliphatic hydroxyl groups excluding tert-OH is 1. The van der Waals surface area contributed by atoms with Crippen molar-refractivity contribution < 1.29 is 9.84 Å². The molecule has 3 aliphatic rings. The molecule has 0 aromatic carbocycles. The van der Waals surface area contributed by atoms with Gasteiger partial charge in [-0.3, -0.25) is 0 Å². The standard InChI is InChI=1S/C8H16O.C7H14O.C6H12/c1-7(2)8(4-5-8)6-9-3;1-6(2)7(5-8)3-4-7;1-5(2)6-3-4-6/h7H,4-6H2,1-3H3;6,8H,3-5H2,1-2H3;5-6H,3-4H2,1-2H3. The van der Waals surface area contributed by atoms with Gasteiger partial charge in [0.15, 0.2) is 0 Å². The number of ether oxygens (including phenoxy) is 1. The van der Waals surface area contributed by atoms with Crippen molar-refractivity contribution in [1.82, 2.24) is 0 Å². The van der Waals surface area contributed by atoms with E-state index in [1.165, 1.54) is 38.5 Å². The van der Waals surface area contributed by atoms with Crippen molar-refractivity contribution in [3.05, 3.63) is 0 Å². The van der Waals surface area contributed by atoms with Gasteiger partial charge >= 0.3 is 0 Å². The van der Waals surface area contributed by atoms with Crippen molar-refractivity contribution in [3.63, 3.8) is 0 Å². The lowest BCUT2D eigenvalue weighted by atomic mass is 9.94. The maximum atomic E-state index is 8.83. The zero-order valence-electron chi connectivity index (χ0n) is 16.8. The molecule has 0 radical (unpaired) electrons. The Labute approximate surface area is 145 Å². The summed E-state index contributed by atoms with van der Waals surface area (Å²) in [6.07, 6.45) is 8.22. The second-order valence-electron chi connectivity index (χ2n) is 9.21. The predicted octanol–water partition coefficient (Wildman–Crippen LogP) is 5.54. The zero-order chi connectivity index (χ0) is 17.7. The number of hydrogen-bond donors (Lipinski definition) is 1. The Morgan fingerprint density at radius 1 is 0.870 bits per heavy atom. The van der Waals surface area contributed by atoms with E-state index < -0.39 is 0 Å². The Kier molecular flexibility index (Phi) is 8.07. The SMILES string of the molecule is CC(C)C1(CO)CC1.CC(C)C1CC1.COCC1(C(C)C)CC1. The highest BCUT2D eigenvalue weighted by Gasteiger charge is 2.45. The third-order valence-electron chi connectivity index (χ3n) is 6.55. The van der Waals surface area contributed by atoms with Gasteiger partial charge in [0.25, 0.3) is 0 Å². The second kappa shape index (κ2) is 8.85. The van der Waals surface area contributed by atoms with E-state index >= 15 is 0 Å². The van der Waals surface area contributed by atoms with Gasteiger partial charge in [0.05, 0.1) is 6.61 Å². The van der Waals surface area contributed by atoms with Gasteiger partial charge in [-0.05, 0) is 73.0 Å². The first-order valence-electron chi connectivity index (χ1n) is 9.83. The predicted molar refractivity (Wildman–Crippen MR) is 99.5 cm³/mol. The molecule has 0 unspecified atom stereocenters. The van der Waals surface area contributed by atoms with Crippen LogP contribution in [0.2, 0.25) is 0 Å². The Bertz CT molecular complexity index is 321. The molecular weight excluding hydrogens is 284 g/mol. The summed E-state index contributed by atoms with van der Waals surface area (Å²) in [5.74, 6) is 3.54. The van der Waals surface area contributed by atoms with Crippen LogP contribution in [0.4, 0.5) is 0 Å². The lowest BCUT2D eigenvalue weighted by molar-refractivity contribution is 0.115. The van der Waals surface area contributed by atoms with Gasteiger partial charge in [0.1, 0.15) is 0 Å². The van der Waals surface area contributed by atoms with Crippen molar-refractivity contribution in [2.45, 2.75) is 80.1 Å². The van der Waals surface area contributed by atoms with Crippen molar-refractivity contribution in [1.29, 1.82) is 0 Å². The third-order valence-corrected chi connectivity index (χ3v) is 6.55. The maximum absolute atomic E-state index is 8.83. The van der Waals surface area contributed by atoms with Crippen LogP contribution in [0.1, 0.15) is 80.1 Å². The van der Waals surface area contributed by atoms with Crippen molar-refractivity contribution in [2.24, 2.45) is 34.5 Å². The third kappa shape index (κ3) is 6.74. The zero-order valence-corrected chi connectivity index (χ0v) is 16.8. The van der Waals surface area contributed by atoms with Gasteiger partial charge in [0.2, 0.25) is 0 Å². The van der Waals surface area contributed by atoms with Crippen molar-refractivity contribution >= 4 is 0 Å². The summed E-state index contributed by atoms with van der Waals surface area (Å²) >= 11 is 0. The van der Waals surface area contributed by atoms with E-state index in [2.05, 4.69) is 41.5 Å². The molecule has 0 aromatic heterocycles. The molecule has 0 heterocycles. The lowest BCUT2D eigenvalue weighted by Crippen LogP contribution is -2.15. The van der Waals surface area contributed by atoms with E-state index in [1.54, 1.807) is 7.11 Å². The fraction of sp³-hybridized carbons (Fsp3) is 1.00. The Hall–Kier alpha value is -0.0800. The summed E-state index contributed by atoms with van der Waals surface area (Å²) in [6, 6.07) is 0. The van der Waals surface area contributed by atoms with Crippen LogP contribution in [0.25, 0.3) is 0 Å². The molecule has 0 amide bonds. The molecule has 3 fully saturated rings. The van der Waals surface area contributed by atoms with E-state index in [1.807, 2.05) is 0 Å². The van der Waals surface area contributed by atoms with Crippen LogP contribution < -0.4 is 0 Å². The molecular formula is C21H42O2. The largest absolute Gasteiger partial charge is 0.396 e. The highest BCUT2D eigenvalue weighted by atomic mass is 16.5. The smallest absolute Gasteiger partial charge is 0.0521 e. The Balaban J connectivity index is 0.000000176. The minimum absolute atomic E-state index is 0.347. The van der Waals surface area contributed by atoms with Gasteiger partial charge in [0, 0.05) is 13.7 Å². The van der Waals surface area contributed by atoms with Gasteiger partial charge in [-0.1, -0.05) is 41.5 Å². The molecule has 0 aliphatic heterocycles. The van der Waals surface area contributed by atoms with Crippen LogP contribution >= 0.6 is 0 Å². The Morgan fingerprint density at radius 2 is 1.30 bits per heavy atom. The summed E-state index contributed by atoms with van der Waals surface area (Å²) in [4.78, 5) is 0. The molecule has 0 spiro atoms. The highest BCUT2D eigenvalue weighted by Crippen LogP contribution is 2.52. The first-order valence-corrected chi connectivity index (χ1v) is 9.83. The van der Waals surface area contributed by atoms with Crippen LogP contribution in [0.5, 0.6) is 0 Å². The van der Waals surface area contributed by atoms with Crippen molar-refractivity contribution in [2.75, 3.05) is 20.3 Å². The number of aliphatic hydroxyl groups is 1. The normalized spacial score (nSPS) is 23.1. The summed E-state index contributed by atoms with van der Waals surface area (Å²) in [6.45, 7) is 14.9. The van der Waals surface area contributed by atoms with Crippen LogP contribution in [-0.2, 0) is 4.74 Å². The van der Waals surface area contributed by atoms with Gasteiger partial charge in [-0.2, -0.15) is 0 Å². The summed E-state index contributed by atoms with van der Waals surface area (Å²) in [5.41, 5.74) is 0.925. The van der Waals surface area contributed by atoms with E-state index in [9.17, 15) is 0 Å². The second-order valence-corrected chi connectivity index (χ2v) is 9.21. The molecule has 2 nitrogen and oxygen atoms in total. The molecule has 3 saturated carbocycles. The molecule has 1 N–H and O–H groups in total. The minimum Gasteiger partial charge on any atom is -0.396 e.